The van der Waals surface area contributed by atoms with Crippen molar-refractivity contribution >= 4 is 219 Å². The summed E-state index contributed by atoms with van der Waals surface area (Å²) in [5, 5.41) is 25.5. The van der Waals surface area contributed by atoms with E-state index in [1.54, 1.807) is 48.9 Å². The topological polar surface area (TPSA) is 551 Å². The van der Waals surface area contributed by atoms with E-state index >= 15 is 0 Å². The van der Waals surface area contributed by atoms with Crippen LogP contribution in [0.15, 0.2) is 88.2 Å². The highest BCUT2D eigenvalue weighted by atomic mass is 79.9. The molecule has 0 radical (unpaired) electrons. The molecule has 43 heteroatoms. The molecular weight excluding hydrogens is 1980 g/mol. The predicted octanol–water partition coefficient (Wildman–Crippen LogP) is 14.2. The molecule has 7 atom stereocenters. The molecule has 0 bridgehead atoms. The standard InChI is InChI=1S/C18H25N5OS.C18H27N5O.C17H21BrN6O2.C16H20FN5O.C16H22FN5O.C15H20BrN5O/c1-2-25-14-9-21-17-15(16(14)23-7-3-4-12(19)10-23)13(8-20-17)22-18(24)11-5-6-11;1-4-15(24)22-14-9-21-18-16(14)17(13(8-20-18)11(2)3)23-7-5-6-12(19)10-23;18-10-6-20-16-14(15(10)24-5-1-2-9(19)8-24)12(7-21-16)23-17(26)11-3-4-13(25)22-11;17-11-6-19-15-13(14(11)22-5-1-2-10(18)8-22)12(7-20-15)21-16(23)9-3-4-9;1-9(2)16(23)21-12-7-20-15-13(12)14(11(17)6-19-15)22-5-3-4-10(18)8-22;1-2-12(22)20-11-7-19-15-13(11)14(10(16)6-18-15)21-5-3-4-9(17)8-21/h8-9,11-12H,2-7,10,19H2,1H3,(H,20,21)(H,22,24);8-9,11-12H,4-7,10,19H2,1-3H3,(H,20,21)(H,22,24);6-7,9,11H,1-5,8,19H2,(H,20,21)(H,22,25)(H,23,26);6-7,9-10H,1-5,8,18H2,(H,19,20)(H,21,23);6-7,9-10H,3-5,8,18H2,1-2H3,(H,19,20)(H,21,23);6-7,9H,2-5,8,17H2,1H3,(H,18,19)(H,20,22)/t2*12-;9-,11?;2*10-;9-/m111111/s1. The van der Waals surface area contributed by atoms with Gasteiger partial charge in [0, 0.05) is 219 Å². The number of fused-ring (bicyclic) bond motifs is 6. The molecule has 7 saturated heterocycles. The minimum atomic E-state index is -0.487. The third-order valence-corrected chi connectivity index (χ3v) is 29.4. The average molecular weight is 2110 g/mol. The van der Waals surface area contributed by atoms with Crippen LogP contribution < -0.4 is 101 Å². The molecule has 21 rings (SSSR count). The molecule has 7 aliphatic heterocycles. The Bertz CT molecular complexity index is 6450. The highest BCUT2D eigenvalue weighted by molar-refractivity contribution is 9.11. The quantitative estimate of drug-likeness (QED) is 0.0297. The smallest absolute Gasteiger partial charge is 0.247 e. The molecule has 12 aromatic rings. The lowest BCUT2D eigenvalue weighted by atomic mass is 9.97. The predicted molar refractivity (Wildman–Crippen MR) is 573 cm³/mol. The van der Waals surface area contributed by atoms with E-state index in [0.717, 1.165) is 260 Å². The number of thioether (sulfide) groups is 1. The van der Waals surface area contributed by atoms with Gasteiger partial charge in [0.1, 0.15) is 39.9 Å². The summed E-state index contributed by atoms with van der Waals surface area (Å²) in [6.45, 7) is 23.6. The Kier molecular flexibility index (Phi) is 34.1. The lowest BCUT2D eigenvalue weighted by Crippen LogP contribution is -2.43. The van der Waals surface area contributed by atoms with Gasteiger partial charge in [-0.15, -0.1) is 11.8 Å². The SMILES string of the molecule is CC(C)C(=O)Nc1c[nH]c2ncc(F)c(N3CCC[C@@H](N)C3)c12.CCC(=O)Nc1c[nH]c2ncc(Br)c(N3CCC[C@@H](N)C3)c12.CCC(=O)Nc1c[nH]c2ncc(C(C)C)c(N3CCC[C@@H](N)C3)c12.CCSc1cnc2[nH]cc(NC(=O)C3CC3)c2c1N1CCC[C@@H](N)C1.N[C@@H]1CCCN(c2c(Br)cnc3[nH]cc(NC(=O)C4CCC(=O)N4)c23)C1.N[C@@H]1CCCN(c2c(F)cnc3[nH]cc(NC(=O)C4CC4)c23)C1. The van der Waals surface area contributed by atoms with Gasteiger partial charge in [0.05, 0.1) is 122 Å². The van der Waals surface area contributed by atoms with Crippen molar-refractivity contribution in [3.05, 3.63) is 101 Å². The van der Waals surface area contributed by atoms with Gasteiger partial charge in [0.25, 0.3) is 0 Å². The summed E-state index contributed by atoms with van der Waals surface area (Å²) in [4.78, 5) is 143. The van der Waals surface area contributed by atoms with Gasteiger partial charge in [-0.25, -0.2) is 38.7 Å². The van der Waals surface area contributed by atoms with E-state index in [-0.39, 0.29) is 101 Å². The molecule has 7 amide bonds. The molecule has 9 fully saturated rings. The van der Waals surface area contributed by atoms with Crippen molar-refractivity contribution in [2.24, 2.45) is 52.2 Å². The fourth-order valence-electron chi connectivity index (χ4n) is 19.8. The van der Waals surface area contributed by atoms with Crippen LogP contribution in [0.2, 0.25) is 0 Å². The number of hydrogen-bond donors (Lipinski definition) is 19. The molecule has 0 spiro atoms. The van der Waals surface area contributed by atoms with E-state index in [4.69, 9.17) is 34.4 Å². The minimum absolute atomic E-state index is 0.00328. The van der Waals surface area contributed by atoms with Gasteiger partial charge in [-0.1, -0.05) is 48.5 Å². The molecule has 143 heavy (non-hydrogen) atoms. The van der Waals surface area contributed by atoms with Gasteiger partial charge >= 0.3 is 0 Å². The summed E-state index contributed by atoms with van der Waals surface area (Å²) in [5.41, 5.74) is 51.8. The summed E-state index contributed by atoms with van der Waals surface area (Å²) < 4.78 is 30.8. The van der Waals surface area contributed by atoms with Crippen LogP contribution in [0.25, 0.3) is 66.2 Å². The second-order valence-corrected chi connectivity index (χ2v) is 42.2. The third kappa shape index (κ3) is 24.7. The van der Waals surface area contributed by atoms with Crippen molar-refractivity contribution < 1.29 is 42.3 Å². The zero-order valence-electron chi connectivity index (χ0n) is 82.2. The third-order valence-electron chi connectivity index (χ3n) is 27.4. The number of nitrogens with two attached hydrogens (primary N) is 6. The summed E-state index contributed by atoms with van der Waals surface area (Å²) >= 11 is 9.00. The maximum absolute atomic E-state index is 14.5. The molecule has 19 heterocycles. The van der Waals surface area contributed by atoms with Crippen LogP contribution in [-0.2, 0) is 33.6 Å². The van der Waals surface area contributed by atoms with E-state index in [1.807, 2.05) is 62.3 Å². The highest BCUT2D eigenvalue weighted by Gasteiger charge is 2.37. The summed E-state index contributed by atoms with van der Waals surface area (Å²) in [5.74, 6) is 0.361. The fraction of sp³-hybridized carbons (Fsp3) is 0.510. The largest absolute Gasteiger partial charge is 0.369 e. The van der Waals surface area contributed by atoms with Crippen LogP contribution in [0.3, 0.4) is 0 Å². The van der Waals surface area contributed by atoms with Crippen LogP contribution in [0.4, 0.5) is 77.0 Å². The first kappa shape index (κ1) is 104. The molecule has 38 nitrogen and oxygen atoms in total. The van der Waals surface area contributed by atoms with E-state index in [9.17, 15) is 42.3 Å². The number of H-pyrrole nitrogens is 6. The Hall–Kier alpha value is -11.8. The van der Waals surface area contributed by atoms with Crippen molar-refractivity contribution in [3.63, 3.8) is 0 Å². The summed E-state index contributed by atoms with van der Waals surface area (Å²) in [7, 11) is 0. The van der Waals surface area contributed by atoms with Crippen molar-refractivity contribution in [1.29, 1.82) is 0 Å². The molecular formula is C100H135Br2F2N31O7S. The zero-order chi connectivity index (χ0) is 101. The first-order valence-electron chi connectivity index (χ1n) is 50.3. The van der Waals surface area contributed by atoms with E-state index < -0.39 is 11.9 Å². The number of piperidine rings is 6. The van der Waals surface area contributed by atoms with Crippen molar-refractivity contribution in [2.75, 3.05) is 146 Å². The van der Waals surface area contributed by atoms with Crippen LogP contribution in [0.5, 0.6) is 0 Å². The number of hydrogen-bond acceptors (Lipinski definition) is 26. The number of nitrogens with one attached hydrogen (secondary N) is 13. The average Bonchev–Trinajstić information content (AvgIpc) is 1.66. The van der Waals surface area contributed by atoms with Crippen molar-refractivity contribution in [3.8, 4) is 0 Å². The van der Waals surface area contributed by atoms with Gasteiger partial charge in [-0.05, 0) is 158 Å². The Balaban J connectivity index is 0.000000123. The van der Waals surface area contributed by atoms with Crippen molar-refractivity contribution in [1.82, 2.24) is 65.1 Å². The van der Waals surface area contributed by atoms with Crippen LogP contribution in [-0.4, -0.2) is 228 Å². The number of anilines is 12. The summed E-state index contributed by atoms with van der Waals surface area (Å²) in [6, 6.07) is 0.267. The molecule has 9 aliphatic rings. The van der Waals surface area contributed by atoms with E-state index in [0.29, 0.717) is 101 Å². The normalized spacial score (nSPS) is 20.3. The monoisotopic (exact) mass is 2110 g/mol. The second-order valence-electron chi connectivity index (χ2n) is 39.2. The maximum atomic E-state index is 14.5. The Labute approximate surface area is 849 Å². The Morgan fingerprint density at radius 1 is 0.392 bits per heavy atom. The zero-order valence-corrected chi connectivity index (χ0v) is 86.2. The number of amides is 7. The van der Waals surface area contributed by atoms with Gasteiger partial charge in [0.15, 0.2) is 11.6 Å². The number of carbonyl (C=O) groups excluding carboxylic acids is 7. The number of aromatic nitrogens is 12. The summed E-state index contributed by atoms with van der Waals surface area (Å²) in [6.07, 6.45) is 38.3. The van der Waals surface area contributed by atoms with Gasteiger partial charge in [-0.3, -0.25) is 33.6 Å². The lowest BCUT2D eigenvalue weighted by molar-refractivity contribution is -0.122. The van der Waals surface area contributed by atoms with Gasteiger partial charge in [-0.2, -0.15) is 0 Å². The van der Waals surface area contributed by atoms with Gasteiger partial charge in [0.2, 0.25) is 41.4 Å². The molecule has 2 aliphatic carbocycles. The van der Waals surface area contributed by atoms with E-state index in [1.165, 1.54) is 23.6 Å². The number of rotatable bonds is 21. The first-order valence-corrected chi connectivity index (χ1v) is 52.9. The second kappa shape index (κ2) is 46.9. The lowest BCUT2D eigenvalue weighted by Gasteiger charge is -2.35. The maximum Gasteiger partial charge on any atom is 0.247 e. The number of halogens is 4. The number of aromatic amines is 6. The number of carbonyl (C=O) groups is 7. The van der Waals surface area contributed by atoms with E-state index in [2.05, 4.69) is 169 Å². The Morgan fingerprint density at radius 2 is 0.692 bits per heavy atom. The molecule has 1 unspecified atom stereocenters. The molecule has 766 valence electrons. The molecule has 25 N–H and O–H groups in total. The van der Waals surface area contributed by atoms with Crippen LogP contribution in [0.1, 0.15) is 188 Å². The van der Waals surface area contributed by atoms with Crippen molar-refractivity contribution in [2.45, 2.75) is 230 Å². The highest BCUT2D eigenvalue weighted by Crippen LogP contribution is 2.47. The molecule has 0 aromatic carbocycles. The Morgan fingerprint density at radius 3 is 1.02 bits per heavy atom. The van der Waals surface area contributed by atoms with Crippen LogP contribution in [0, 0.1) is 29.4 Å². The first-order chi connectivity index (χ1) is 68.9. The molecule has 12 aromatic heterocycles. The minimum Gasteiger partial charge on any atom is -0.369 e. The number of pyridine rings is 6. The fourth-order valence-corrected chi connectivity index (χ4v) is 21.7. The van der Waals surface area contributed by atoms with Gasteiger partial charge < -0.3 is 131 Å². The molecule has 2 saturated carbocycles. The number of nitrogens with zero attached hydrogens (tertiary/aromatic N) is 12. The van der Waals surface area contributed by atoms with Crippen LogP contribution >= 0.6 is 43.6 Å².